The zero-order chi connectivity index (χ0) is 16.5. The van der Waals surface area contributed by atoms with Crippen LogP contribution in [0.2, 0.25) is 0 Å². The van der Waals surface area contributed by atoms with Crippen LogP contribution in [-0.2, 0) is 14.8 Å². The van der Waals surface area contributed by atoms with Gasteiger partial charge in [-0.15, -0.1) is 0 Å². The van der Waals surface area contributed by atoms with E-state index in [1.807, 2.05) is 0 Å². The lowest BCUT2D eigenvalue weighted by molar-refractivity contribution is -0.0329. The van der Waals surface area contributed by atoms with Crippen molar-refractivity contribution in [3.05, 3.63) is 24.1 Å². The Hall–Kier alpha value is -1.25. The van der Waals surface area contributed by atoms with Gasteiger partial charge in [0.25, 0.3) is 0 Å². The third kappa shape index (κ3) is 3.49. The predicted molar refractivity (Wildman–Crippen MR) is 85.2 cm³/mol. The van der Waals surface area contributed by atoms with Gasteiger partial charge in [-0.05, 0) is 31.9 Å². The van der Waals surface area contributed by atoms with Crippen LogP contribution >= 0.6 is 0 Å². The first-order valence-corrected chi connectivity index (χ1v) is 9.54. The molecule has 1 aromatic rings. The van der Waals surface area contributed by atoms with E-state index in [4.69, 9.17) is 4.74 Å². The molecule has 0 aliphatic carbocycles. The first-order chi connectivity index (χ1) is 10.9. The zero-order valence-corrected chi connectivity index (χ0v) is 14.0. The van der Waals surface area contributed by atoms with Crippen LogP contribution in [-0.4, -0.2) is 54.8 Å². The number of aromatic nitrogens is 1. The first-order valence-electron chi connectivity index (χ1n) is 7.93. The normalized spacial score (nSPS) is 29.0. The molecule has 0 saturated carbocycles. The van der Waals surface area contributed by atoms with Gasteiger partial charge in [0.1, 0.15) is 0 Å². The highest BCUT2D eigenvalue weighted by molar-refractivity contribution is 7.89. The molecule has 1 spiro atoms. The smallest absolute Gasteiger partial charge is 0.213 e. The van der Waals surface area contributed by atoms with Gasteiger partial charge >= 0.3 is 0 Å². The zero-order valence-electron chi connectivity index (χ0n) is 13.2. The number of hydrogen-bond acceptors (Lipinski definition) is 5. The maximum absolute atomic E-state index is 13.7. The monoisotopic (exact) mass is 343 g/mol. The molecule has 6 nitrogen and oxygen atoms in total. The summed E-state index contributed by atoms with van der Waals surface area (Å²) in [6, 6.07) is 2.84. The van der Waals surface area contributed by atoms with E-state index in [-0.39, 0.29) is 17.6 Å². The molecule has 0 amide bonds. The Morgan fingerprint density at radius 3 is 3.13 bits per heavy atom. The van der Waals surface area contributed by atoms with Crippen LogP contribution in [0.3, 0.4) is 0 Å². The number of anilines is 1. The Balaban J connectivity index is 1.67. The van der Waals surface area contributed by atoms with Crippen LogP contribution < -0.4 is 5.32 Å². The summed E-state index contributed by atoms with van der Waals surface area (Å²) in [6.45, 7) is 3.01. The van der Waals surface area contributed by atoms with Gasteiger partial charge in [0.2, 0.25) is 10.0 Å². The van der Waals surface area contributed by atoms with E-state index >= 15 is 0 Å². The number of pyridine rings is 1. The Bertz CT molecular complexity index is 670. The fraction of sp³-hybridized carbons (Fsp3) is 0.667. The van der Waals surface area contributed by atoms with Crippen molar-refractivity contribution < 1.29 is 17.5 Å². The first kappa shape index (κ1) is 16.6. The van der Waals surface area contributed by atoms with Crippen molar-refractivity contribution in [1.82, 2.24) is 9.29 Å². The van der Waals surface area contributed by atoms with Crippen LogP contribution in [0, 0.1) is 5.82 Å². The molecular formula is C15H22FN3O3S. The van der Waals surface area contributed by atoms with Crippen molar-refractivity contribution in [3.63, 3.8) is 0 Å². The fourth-order valence-electron chi connectivity index (χ4n) is 3.38. The maximum Gasteiger partial charge on any atom is 0.213 e. The minimum atomic E-state index is -3.21. The number of rotatable bonds is 4. The van der Waals surface area contributed by atoms with Crippen molar-refractivity contribution in [2.24, 2.45) is 0 Å². The van der Waals surface area contributed by atoms with Gasteiger partial charge in [0, 0.05) is 25.7 Å². The molecule has 0 aromatic carbocycles. The third-order valence-electron chi connectivity index (χ3n) is 4.57. The second-order valence-corrected chi connectivity index (χ2v) is 8.47. The van der Waals surface area contributed by atoms with Crippen LogP contribution in [0.15, 0.2) is 18.3 Å². The average Bonchev–Trinajstić information content (AvgIpc) is 2.92. The molecule has 2 aliphatic heterocycles. The van der Waals surface area contributed by atoms with Gasteiger partial charge in [-0.2, -0.15) is 4.31 Å². The van der Waals surface area contributed by atoms with E-state index in [0.29, 0.717) is 26.1 Å². The SMILES string of the molecule is CCS(=O)(=O)N1CCC[C@]2(C[C@@H](Nc3ncccc3F)CO2)C1. The number of halogens is 1. The molecule has 2 aliphatic rings. The number of hydrogen-bond donors (Lipinski definition) is 1. The Morgan fingerprint density at radius 1 is 1.57 bits per heavy atom. The van der Waals surface area contributed by atoms with Crippen LogP contribution in [0.5, 0.6) is 0 Å². The van der Waals surface area contributed by atoms with Crippen molar-refractivity contribution in [2.75, 3.05) is 30.8 Å². The highest BCUT2D eigenvalue weighted by Crippen LogP contribution is 2.36. The van der Waals surface area contributed by atoms with Gasteiger partial charge in [0.05, 0.1) is 24.0 Å². The minimum absolute atomic E-state index is 0.0660. The molecule has 0 radical (unpaired) electrons. The second kappa shape index (κ2) is 6.33. The number of piperidine rings is 1. The molecule has 2 fully saturated rings. The van der Waals surface area contributed by atoms with E-state index in [0.717, 1.165) is 12.8 Å². The predicted octanol–water partition coefficient (Wildman–Crippen LogP) is 1.61. The standard InChI is InChI=1S/C15H22FN3O3S/c1-2-23(20,21)19-8-4-6-15(11-19)9-12(10-22-15)18-14-13(16)5-3-7-17-14/h3,5,7,12H,2,4,6,8-11H2,1H3,(H,17,18)/t12-,15+/m1/s1. The molecule has 2 atom stereocenters. The summed E-state index contributed by atoms with van der Waals surface area (Å²) in [7, 11) is -3.21. The molecule has 2 saturated heterocycles. The van der Waals surface area contributed by atoms with Crippen molar-refractivity contribution in [1.29, 1.82) is 0 Å². The average molecular weight is 343 g/mol. The lowest BCUT2D eigenvalue weighted by atomic mass is 9.90. The molecule has 0 bridgehead atoms. The van der Waals surface area contributed by atoms with Gasteiger partial charge in [0.15, 0.2) is 11.6 Å². The molecule has 3 heterocycles. The summed E-state index contributed by atoms with van der Waals surface area (Å²) in [6.07, 6.45) is 3.79. The Kier molecular flexibility index (Phi) is 4.57. The molecule has 23 heavy (non-hydrogen) atoms. The van der Waals surface area contributed by atoms with E-state index in [9.17, 15) is 12.8 Å². The number of ether oxygens (including phenoxy) is 1. The van der Waals surface area contributed by atoms with Gasteiger partial charge in [-0.1, -0.05) is 0 Å². The summed E-state index contributed by atoms with van der Waals surface area (Å²) in [5.74, 6) is -0.0801. The summed E-state index contributed by atoms with van der Waals surface area (Å²) in [5, 5.41) is 3.07. The van der Waals surface area contributed by atoms with Gasteiger partial charge < -0.3 is 10.1 Å². The van der Waals surface area contributed by atoms with Gasteiger partial charge in [-0.25, -0.2) is 17.8 Å². The Labute approximate surface area is 136 Å². The van der Waals surface area contributed by atoms with Gasteiger partial charge in [-0.3, -0.25) is 0 Å². The van der Waals surface area contributed by atoms with Crippen LogP contribution in [0.25, 0.3) is 0 Å². The molecular weight excluding hydrogens is 321 g/mol. The van der Waals surface area contributed by atoms with E-state index in [1.54, 1.807) is 13.0 Å². The maximum atomic E-state index is 13.7. The minimum Gasteiger partial charge on any atom is -0.371 e. The Morgan fingerprint density at radius 2 is 2.39 bits per heavy atom. The number of nitrogens with one attached hydrogen (secondary N) is 1. The highest BCUT2D eigenvalue weighted by Gasteiger charge is 2.45. The van der Waals surface area contributed by atoms with Crippen molar-refractivity contribution in [3.8, 4) is 0 Å². The summed E-state index contributed by atoms with van der Waals surface area (Å²) >= 11 is 0. The van der Waals surface area contributed by atoms with E-state index < -0.39 is 21.4 Å². The lowest BCUT2D eigenvalue weighted by Gasteiger charge is -2.38. The molecule has 128 valence electrons. The molecule has 1 aromatic heterocycles. The van der Waals surface area contributed by atoms with Crippen LogP contribution in [0.4, 0.5) is 10.2 Å². The quantitative estimate of drug-likeness (QED) is 0.899. The van der Waals surface area contributed by atoms with Crippen molar-refractivity contribution >= 4 is 15.8 Å². The summed E-state index contributed by atoms with van der Waals surface area (Å²) in [5.41, 5.74) is -0.469. The summed E-state index contributed by atoms with van der Waals surface area (Å²) in [4.78, 5) is 3.99. The van der Waals surface area contributed by atoms with E-state index in [2.05, 4.69) is 10.3 Å². The molecule has 8 heteroatoms. The fourth-order valence-corrected chi connectivity index (χ4v) is 4.59. The number of nitrogens with zero attached hydrogens (tertiary/aromatic N) is 2. The molecule has 3 rings (SSSR count). The number of sulfonamides is 1. The second-order valence-electron chi connectivity index (χ2n) is 6.21. The lowest BCUT2D eigenvalue weighted by Crippen LogP contribution is -2.50. The highest BCUT2D eigenvalue weighted by atomic mass is 32.2. The molecule has 0 unspecified atom stereocenters. The van der Waals surface area contributed by atoms with E-state index in [1.165, 1.54) is 16.6 Å². The summed E-state index contributed by atoms with van der Waals surface area (Å²) < 4.78 is 45.4. The molecule has 1 N–H and O–H groups in total. The topological polar surface area (TPSA) is 71.5 Å². The largest absolute Gasteiger partial charge is 0.371 e. The van der Waals surface area contributed by atoms with Crippen molar-refractivity contribution in [2.45, 2.75) is 37.8 Å². The van der Waals surface area contributed by atoms with Crippen LogP contribution in [0.1, 0.15) is 26.2 Å². The third-order valence-corrected chi connectivity index (χ3v) is 6.40.